The molecule has 0 spiro atoms. The summed E-state index contributed by atoms with van der Waals surface area (Å²) < 4.78 is 0. The van der Waals surface area contributed by atoms with Crippen molar-refractivity contribution in [2.24, 2.45) is 5.92 Å². The first kappa shape index (κ1) is 17.4. The van der Waals surface area contributed by atoms with E-state index < -0.39 is 11.5 Å². The maximum absolute atomic E-state index is 11.5. The van der Waals surface area contributed by atoms with E-state index in [1.165, 1.54) is 32.2 Å². The zero-order valence-electron chi connectivity index (χ0n) is 13.5. The Morgan fingerprint density at radius 2 is 2.00 bits per heavy atom. The average Bonchev–Trinajstić information content (AvgIpc) is 2.90. The van der Waals surface area contributed by atoms with Crippen molar-refractivity contribution >= 4 is 5.97 Å². The number of rotatable bonds is 10. The molecule has 1 rings (SSSR count). The van der Waals surface area contributed by atoms with Crippen LogP contribution in [0.25, 0.3) is 0 Å². The molecule has 1 unspecified atom stereocenters. The van der Waals surface area contributed by atoms with Crippen LogP contribution in [0.15, 0.2) is 0 Å². The number of nitrogens with zero attached hydrogens (tertiary/aromatic N) is 1. The maximum Gasteiger partial charge on any atom is 0.323 e. The molecule has 1 fully saturated rings. The fourth-order valence-corrected chi connectivity index (χ4v) is 3.44. The van der Waals surface area contributed by atoms with E-state index in [2.05, 4.69) is 17.3 Å². The zero-order chi connectivity index (χ0) is 15.0. The van der Waals surface area contributed by atoms with Crippen LogP contribution in [0, 0.1) is 5.92 Å². The summed E-state index contributed by atoms with van der Waals surface area (Å²) in [5, 5.41) is 12.6. The predicted octanol–water partition coefficient (Wildman–Crippen LogP) is 2.73. The average molecular weight is 284 g/mol. The van der Waals surface area contributed by atoms with Gasteiger partial charge in [0.15, 0.2) is 0 Å². The first-order chi connectivity index (χ1) is 9.54. The van der Waals surface area contributed by atoms with Crippen molar-refractivity contribution in [3.05, 3.63) is 0 Å². The zero-order valence-corrected chi connectivity index (χ0v) is 13.5. The summed E-state index contributed by atoms with van der Waals surface area (Å²) in [6.45, 7) is 6.81. The highest BCUT2D eigenvalue weighted by atomic mass is 16.4. The molecule has 0 saturated heterocycles. The molecule has 0 amide bonds. The topological polar surface area (TPSA) is 52.6 Å². The molecule has 1 aliphatic carbocycles. The van der Waals surface area contributed by atoms with Crippen molar-refractivity contribution in [3.63, 3.8) is 0 Å². The minimum absolute atomic E-state index is 0.641. The Labute approximate surface area is 123 Å². The molecule has 0 radical (unpaired) electrons. The van der Waals surface area contributed by atoms with Crippen molar-refractivity contribution in [2.45, 2.75) is 64.3 Å². The third-order valence-corrected chi connectivity index (χ3v) is 4.72. The number of carboxylic acids is 1. The smallest absolute Gasteiger partial charge is 0.323 e. The SMILES string of the molecule is CCNC(CC)(CCCN(C)CC1CCCC1)C(=O)O. The summed E-state index contributed by atoms with van der Waals surface area (Å²) in [5.41, 5.74) is -0.733. The minimum Gasteiger partial charge on any atom is -0.480 e. The van der Waals surface area contributed by atoms with Gasteiger partial charge >= 0.3 is 5.97 Å². The summed E-state index contributed by atoms with van der Waals surface area (Å²) in [5.74, 6) is 0.157. The molecule has 0 aromatic heterocycles. The second-order valence-electron chi connectivity index (χ2n) is 6.29. The van der Waals surface area contributed by atoms with Gasteiger partial charge in [0.1, 0.15) is 5.54 Å². The Hall–Kier alpha value is -0.610. The molecule has 1 atom stereocenters. The van der Waals surface area contributed by atoms with Gasteiger partial charge in [-0.3, -0.25) is 4.79 Å². The van der Waals surface area contributed by atoms with Crippen molar-refractivity contribution in [1.29, 1.82) is 0 Å². The lowest BCUT2D eigenvalue weighted by Gasteiger charge is -2.30. The van der Waals surface area contributed by atoms with Gasteiger partial charge in [0.05, 0.1) is 0 Å². The van der Waals surface area contributed by atoms with E-state index in [-0.39, 0.29) is 0 Å². The molecule has 4 nitrogen and oxygen atoms in total. The van der Waals surface area contributed by atoms with Crippen LogP contribution < -0.4 is 5.32 Å². The van der Waals surface area contributed by atoms with Gasteiger partial charge in [-0.2, -0.15) is 0 Å². The van der Waals surface area contributed by atoms with Crippen LogP contribution in [0.3, 0.4) is 0 Å². The van der Waals surface area contributed by atoms with Gasteiger partial charge in [-0.1, -0.05) is 26.7 Å². The summed E-state index contributed by atoms with van der Waals surface area (Å²) in [7, 11) is 2.17. The molecule has 1 aliphatic rings. The highest BCUT2D eigenvalue weighted by molar-refractivity contribution is 5.78. The van der Waals surface area contributed by atoms with E-state index in [0.29, 0.717) is 19.4 Å². The quantitative estimate of drug-likeness (QED) is 0.647. The van der Waals surface area contributed by atoms with Crippen molar-refractivity contribution in [2.75, 3.05) is 26.7 Å². The van der Waals surface area contributed by atoms with E-state index in [4.69, 9.17) is 0 Å². The van der Waals surface area contributed by atoms with Crippen LogP contribution in [0.2, 0.25) is 0 Å². The minimum atomic E-state index is -0.733. The van der Waals surface area contributed by atoms with Gasteiger partial charge < -0.3 is 15.3 Å². The Kier molecular flexibility index (Phi) is 7.52. The number of hydrogen-bond donors (Lipinski definition) is 2. The van der Waals surface area contributed by atoms with Crippen molar-refractivity contribution < 1.29 is 9.90 Å². The monoisotopic (exact) mass is 284 g/mol. The van der Waals surface area contributed by atoms with Crippen LogP contribution in [0.4, 0.5) is 0 Å². The molecule has 0 aromatic rings. The molecule has 0 aliphatic heterocycles. The standard InChI is InChI=1S/C16H32N2O2/c1-4-16(15(19)20,17-5-2)11-8-12-18(3)13-14-9-6-7-10-14/h14,17H,4-13H2,1-3H3,(H,19,20). The third-order valence-electron chi connectivity index (χ3n) is 4.72. The number of likely N-dealkylation sites (N-methyl/N-ethyl adjacent to an activating group) is 1. The van der Waals surface area contributed by atoms with Gasteiger partial charge in [-0.15, -0.1) is 0 Å². The lowest BCUT2D eigenvalue weighted by atomic mass is 9.90. The Morgan fingerprint density at radius 1 is 1.35 bits per heavy atom. The molecule has 1 saturated carbocycles. The van der Waals surface area contributed by atoms with Crippen LogP contribution in [-0.2, 0) is 4.79 Å². The Bertz CT molecular complexity index is 290. The fourth-order valence-electron chi connectivity index (χ4n) is 3.44. The first-order valence-electron chi connectivity index (χ1n) is 8.21. The molecule has 118 valence electrons. The van der Waals surface area contributed by atoms with E-state index >= 15 is 0 Å². The number of hydrogen-bond acceptors (Lipinski definition) is 3. The van der Waals surface area contributed by atoms with Crippen LogP contribution >= 0.6 is 0 Å². The largest absolute Gasteiger partial charge is 0.480 e. The van der Waals surface area contributed by atoms with Gasteiger partial charge in [-0.05, 0) is 58.2 Å². The normalized spacial score (nSPS) is 19.4. The molecular formula is C16H32N2O2. The highest BCUT2D eigenvalue weighted by Gasteiger charge is 2.35. The molecule has 0 heterocycles. The predicted molar refractivity (Wildman–Crippen MR) is 83.0 cm³/mol. The first-order valence-corrected chi connectivity index (χ1v) is 8.21. The van der Waals surface area contributed by atoms with Gasteiger partial charge in [0.2, 0.25) is 0 Å². The fraction of sp³-hybridized carbons (Fsp3) is 0.938. The van der Waals surface area contributed by atoms with E-state index in [1.807, 2.05) is 13.8 Å². The molecular weight excluding hydrogens is 252 g/mol. The summed E-state index contributed by atoms with van der Waals surface area (Å²) in [6.07, 6.45) is 7.81. The number of nitrogens with one attached hydrogen (secondary N) is 1. The second-order valence-corrected chi connectivity index (χ2v) is 6.29. The third kappa shape index (κ3) is 5.06. The number of carbonyl (C=O) groups is 1. The van der Waals surface area contributed by atoms with Crippen LogP contribution in [0.5, 0.6) is 0 Å². The van der Waals surface area contributed by atoms with Gasteiger partial charge in [0, 0.05) is 6.54 Å². The van der Waals surface area contributed by atoms with E-state index in [0.717, 1.165) is 18.9 Å². The lowest BCUT2D eigenvalue weighted by Crippen LogP contribution is -2.51. The molecule has 2 N–H and O–H groups in total. The lowest BCUT2D eigenvalue weighted by molar-refractivity contribution is -0.145. The molecule has 4 heteroatoms. The van der Waals surface area contributed by atoms with E-state index in [9.17, 15) is 9.90 Å². The summed E-state index contributed by atoms with van der Waals surface area (Å²) in [4.78, 5) is 13.9. The molecule has 0 aromatic carbocycles. The molecule has 0 bridgehead atoms. The van der Waals surface area contributed by atoms with Crippen molar-refractivity contribution in [1.82, 2.24) is 10.2 Å². The second kappa shape index (κ2) is 8.63. The Balaban J connectivity index is 2.33. The van der Waals surface area contributed by atoms with Gasteiger partial charge in [-0.25, -0.2) is 0 Å². The van der Waals surface area contributed by atoms with Crippen molar-refractivity contribution in [3.8, 4) is 0 Å². The highest BCUT2D eigenvalue weighted by Crippen LogP contribution is 2.25. The Morgan fingerprint density at radius 3 is 2.50 bits per heavy atom. The van der Waals surface area contributed by atoms with Gasteiger partial charge in [0.25, 0.3) is 0 Å². The van der Waals surface area contributed by atoms with Crippen LogP contribution in [0.1, 0.15) is 58.8 Å². The maximum atomic E-state index is 11.5. The summed E-state index contributed by atoms with van der Waals surface area (Å²) in [6, 6.07) is 0. The van der Waals surface area contributed by atoms with Crippen LogP contribution in [-0.4, -0.2) is 48.2 Å². The number of aliphatic carboxylic acids is 1. The molecule has 20 heavy (non-hydrogen) atoms. The van der Waals surface area contributed by atoms with E-state index in [1.54, 1.807) is 0 Å². The number of carboxylic acid groups (broad SMARTS) is 1. The summed E-state index contributed by atoms with van der Waals surface area (Å²) >= 11 is 0.